The van der Waals surface area contributed by atoms with Gasteiger partial charge in [-0.15, -0.1) is 0 Å². The monoisotopic (exact) mass is 167 g/mol. The number of carboxylic acids is 1. The molecule has 0 aliphatic carbocycles. The Morgan fingerprint density at radius 1 is 1.58 bits per heavy atom. The molecule has 1 heterocycles. The Morgan fingerprint density at radius 3 is 2.75 bits per heavy atom. The highest BCUT2D eigenvalue weighted by Gasteiger charge is 2.19. The second-order valence-electron chi connectivity index (χ2n) is 2.89. The predicted molar refractivity (Wildman–Crippen MR) is 47.3 cm³/mol. The lowest BCUT2D eigenvalue weighted by atomic mass is 10.0. The molecule has 1 rings (SSSR count). The first-order valence-corrected chi connectivity index (χ1v) is 4.26. The van der Waals surface area contributed by atoms with Gasteiger partial charge < -0.3 is 5.11 Å². The highest BCUT2D eigenvalue weighted by molar-refractivity contribution is 6.44. The number of rotatable bonds is 5. The normalized spacial score (nSPS) is 14.8. The Kier molecular flexibility index (Phi) is 3.02. The van der Waals surface area contributed by atoms with E-state index >= 15 is 0 Å². The van der Waals surface area contributed by atoms with Crippen molar-refractivity contribution < 1.29 is 9.90 Å². The van der Waals surface area contributed by atoms with Gasteiger partial charge in [-0.1, -0.05) is 19.8 Å². The number of nitrogens with zero attached hydrogens (tertiary/aromatic N) is 1. The van der Waals surface area contributed by atoms with Gasteiger partial charge in [0.25, 0.3) is 0 Å². The van der Waals surface area contributed by atoms with Crippen LogP contribution >= 0.6 is 0 Å². The molecule has 0 aromatic carbocycles. The summed E-state index contributed by atoms with van der Waals surface area (Å²) in [5, 5.41) is 8.59. The first-order valence-electron chi connectivity index (χ1n) is 4.26. The first kappa shape index (κ1) is 8.97. The second-order valence-corrected chi connectivity index (χ2v) is 2.89. The summed E-state index contributed by atoms with van der Waals surface area (Å²) in [6, 6.07) is 0. The molecule has 0 aromatic heterocycles. The fourth-order valence-electron chi connectivity index (χ4n) is 1.16. The van der Waals surface area contributed by atoms with Crippen LogP contribution in [0, 0.1) is 0 Å². The smallest absolute Gasteiger partial charge is 0.354 e. The molecule has 0 saturated carbocycles. The number of unbranched alkanes of at least 4 members (excludes halogenated alkanes) is 2. The number of carboxylic acid groups (broad SMARTS) is 1. The van der Waals surface area contributed by atoms with E-state index in [0.717, 1.165) is 31.3 Å². The van der Waals surface area contributed by atoms with Crippen molar-refractivity contribution in [3.8, 4) is 0 Å². The van der Waals surface area contributed by atoms with E-state index in [2.05, 4.69) is 11.9 Å². The van der Waals surface area contributed by atoms with Gasteiger partial charge in [-0.2, -0.15) is 0 Å². The summed E-state index contributed by atoms with van der Waals surface area (Å²) in [5.74, 6) is -0.899. The van der Waals surface area contributed by atoms with Crippen LogP contribution in [0.3, 0.4) is 0 Å². The van der Waals surface area contributed by atoms with Gasteiger partial charge in [0.05, 0.1) is 0 Å². The average molecular weight is 167 g/mol. The largest absolute Gasteiger partial charge is 0.477 e. The van der Waals surface area contributed by atoms with Crippen LogP contribution < -0.4 is 0 Å². The van der Waals surface area contributed by atoms with E-state index in [-0.39, 0.29) is 5.71 Å². The zero-order valence-electron chi connectivity index (χ0n) is 7.21. The van der Waals surface area contributed by atoms with Gasteiger partial charge in [0.1, 0.15) is 0 Å². The van der Waals surface area contributed by atoms with Gasteiger partial charge >= 0.3 is 5.97 Å². The number of carbonyl (C=O) groups is 1. The fraction of sp³-hybridized carbons (Fsp3) is 0.556. The van der Waals surface area contributed by atoms with Crippen LogP contribution in [0.4, 0.5) is 0 Å². The standard InChI is InChI=1S/C9H13NO2/c1-2-3-4-5-7-6-10-8(7)9(11)12/h6H,2-5H2,1H3,(H,11,12). The molecule has 0 fully saturated rings. The third-order valence-corrected chi connectivity index (χ3v) is 1.91. The molecule has 12 heavy (non-hydrogen) atoms. The van der Waals surface area contributed by atoms with Crippen LogP contribution in [-0.2, 0) is 4.79 Å². The molecular formula is C9H13NO2. The lowest BCUT2D eigenvalue weighted by Gasteiger charge is -2.11. The SMILES string of the molecule is CCCCCC1=CN=C1C(=O)O. The van der Waals surface area contributed by atoms with E-state index in [4.69, 9.17) is 5.11 Å². The molecule has 0 atom stereocenters. The summed E-state index contributed by atoms with van der Waals surface area (Å²) in [4.78, 5) is 14.1. The van der Waals surface area contributed by atoms with Crippen LogP contribution in [0.2, 0.25) is 0 Å². The molecule has 0 aromatic rings. The summed E-state index contributed by atoms with van der Waals surface area (Å²) < 4.78 is 0. The summed E-state index contributed by atoms with van der Waals surface area (Å²) in [5.41, 5.74) is 1.15. The average Bonchev–Trinajstić information content (AvgIpc) is 1.94. The van der Waals surface area contributed by atoms with Crippen molar-refractivity contribution in [2.24, 2.45) is 4.99 Å². The van der Waals surface area contributed by atoms with Gasteiger partial charge in [0, 0.05) is 11.8 Å². The summed E-state index contributed by atoms with van der Waals surface area (Å²) >= 11 is 0. The van der Waals surface area contributed by atoms with E-state index < -0.39 is 5.97 Å². The van der Waals surface area contributed by atoms with Gasteiger partial charge in [0.15, 0.2) is 5.71 Å². The maximum Gasteiger partial charge on any atom is 0.354 e. The van der Waals surface area contributed by atoms with Crippen molar-refractivity contribution in [1.82, 2.24) is 0 Å². The van der Waals surface area contributed by atoms with Crippen LogP contribution in [-0.4, -0.2) is 16.8 Å². The van der Waals surface area contributed by atoms with Crippen molar-refractivity contribution in [1.29, 1.82) is 0 Å². The van der Waals surface area contributed by atoms with Crippen LogP contribution in [0.5, 0.6) is 0 Å². The quantitative estimate of drug-likeness (QED) is 0.636. The second kappa shape index (κ2) is 4.04. The number of hydrogen-bond acceptors (Lipinski definition) is 2. The van der Waals surface area contributed by atoms with E-state index in [9.17, 15) is 4.79 Å². The molecule has 1 aliphatic heterocycles. The van der Waals surface area contributed by atoms with E-state index in [1.165, 1.54) is 0 Å². The van der Waals surface area contributed by atoms with Crippen molar-refractivity contribution >= 4 is 11.7 Å². The molecule has 1 N–H and O–H groups in total. The van der Waals surface area contributed by atoms with Crippen molar-refractivity contribution in [2.45, 2.75) is 32.6 Å². The third kappa shape index (κ3) is 1.94. The van der Waals surface area contributed by atoms with Gasteiger partial charge in [-0.05, 0) is 12.8 Å². The molecule has 0 saturated heterocycles. The molecule has 1 aliphatic rings. The molecule has 66 valence electrons. The Hall–Kier alpha value is -1.12. The highest BCUT2D eigenvalue weighted by atomic mass is 16.4. The van der Waals surface area contributed by atoms with Crippen molar-refractivity contribution in [3.63, 3.8) is 0 Å². The molecular weight excluding hydrogens is 154 g/mol. The zero-order valence-corrected chi connectivity index (χ0v) is 7.21. The Morgan fingerprint density at radius 2 is 2.33 bits per heavy atom. The number of aliphatic imine (C=N–C) groups is 1. The zero-order chi connectivity index (χ0) is 8.97. The minimum absolute atomic E-state index is 0.256. The summed E-state index contributed by atoms with van der Waals surface area (Å²) in [7, 11) is 0. The molecule has 0 radical (unpaired) electrons. The van der Waals surface area contributed by atoms with Crippen LogP contribution in [0.15, 0.2) is 16.8 Å². The molecule has 0 amide bonds. The minimum atomic E-state index is -0.899. The summed E-state index contributed by atoms with van der Waals surface area (Å²) in [6.07, 6.45) is 5.89. The maximum absolute atomic E-state index is 10.5. The topological polar surface area (TPSA) is 49.7 Å². The predicted octanol–water partition coefficient (Wildman–Crippen LogP) is 1.99. The first-order chi connectivity index (χ1) is 5.75. The summed E-state index contributed by atoms with van der Waals surface area (Å²) in [6.45, 7) is 2.13. The van der Waals surface area contributed by atoms with E-state index in [1.54, 1.807) is 6.20 Å². The fourth-order valence-corrected chi connectivity index (χ4v) is 1.16. The lowest BCUT2D eigenvalue weighted by Crippen LogP contribution is -2.20. The molecule has 3 heteroatoms. The highest BCUT2D eigenvalue weighted by Crippen LogP contribution is 2.17. The molecule has 0 bridgehead atoms. The maximum atomic E-state index is 10.5. The molecule has 3 nitrogen and oxygen atoms in total. The van der Waals surface area contributed by atoms with Crippen LogP contribution in [0.25, 0.3) is 0 Å². The third-order valence-electron chi connectivity index (χ3n) is 1.91. The minimum Gasteiger partial charge on any atom is -0.477 e. The number of hydrogen-bond donors (Lipinski definition) is 1. The van der Waals surface area contributed by atoms with E-state index in [1.807, 2.05) is 0 Å². The van der Waals surface area contributed by atoms with Gasteiger partial charge in [0.2, 0.25) is 0 Å². The molecule has 0 unspecified atom stereocenters. The molecule has 0 spiro atoms. The lowest BCUT2D eigenvalue weighted by molar-refractivity contribution is -0.129. The Bertz CT molecular complexity index is 241. The van der Waals surface area contributed by atoms with Gasteiger partial charge in [-0.25, -0.2) is 9.79 Å². The van der Waals surface area contributed by atoms with Crippen molar-refractivity contribution in [2.75, 3.05) is 0 Å². The number of aliphatic carboxylic acids is 1. The van der Waals surface area contributed by atoms with Crippen molar-refractivity contribution in [3.05, 3.63) is 11.8 Å². The van der Waals surface area contributed by atoms with Crippen LogP contribution in [0.1, 0.15) is 32.6 Å². The van der Waals surface area contributed by atoms with Gasteiger partial charge in [-0.3, -0.25) is 0 Å². The van der Waals surface area contributed by atoms with E-state index in [0.29, 0.717) is 0 Å². The Labute approximate surface area is 71.8 Å². The Balaban J connectivity index is 2.24.